The first-order valence-corrected chi connectivity index (χ1v) is 6.66. The van der Waals surface area contributed by atoms with Crippen molar-refractivity contribution >= 4 is 11.6 Å². The number of nitrogens with zero attached hydrogens (tertiary/aromatic N) is 1. The molecule has 0 unspecified atom stereocenters. The monoisotopic (exact) mass is 296 g/mol. The Morgan fingerprint density at radius 2 is 2.14 bits per heavy atom. The fraction of sp³-hybridized carbons (Fsp3) is 0.500. The van der Waals surface area contributed by atoms with Crippen molar-refractivity contribution in [3.05, 3.63) is 33.9 Å². The van der Waals surface area contributed by atoms with E-state index in [-0.39, 0.29) is 30.2 Å². The van der Waals surface area contributed by atoms with Crippen LogP contribution in [-0.2, 0) is 0 Å². The van der Waals surface area contributed by atoms with Gasteiger partial charge >= 0.3 is 5.69 Å². The van der Waals surface area contributed by atoms with Crippen LogP contribution in [0.4, 0.5) is 5.69 Å². The van der Waals surface area contributed by atoms with E-state index in [9.17, 15) is 14.9 Å². The van der Waals surface area contributed by atoms with Gasteiger partial charge in [-0.2, -0.15) is 0 Å². The number of amides is 1. The molecule has 0 bridgehead atoms. The van der Waals surface area contributed by atoms with Crippen LogP contribution in [0, 0.1) is 10.1 Å². The van der Waals surface area contributed by atoms with Gasteiger partial charge in [0, 0.05) is 18.2 Å². The standard InChI is InChI=1S/C14H20N2O5/c1-4-21-12-10(6-5-7-11(12)16(19)20)13(18)15-14(2,3)8-9-17/h5-7,17H,4,8-9H2,1-3H3,(H,15,18). The molecule has 0 atom stereocenters. The number of nitrogens with one attached hydrogen (secondary N) is 1. The Labute approximate surface area is 123 Å². The number of carbonyl (C=O) groups excluding carboxylic acids is 1. The van der Waals surface area contributed by atoms with E-state index in [1.807, 2.05) is 0 Å². The van der Waals surface area contributed by atoms with Gasteiger partial charge in [-0.3, -0.25) is 14.9 Å². The largest absolute Gasteiger partial charge is 0.487 e. The Morgan fingerprint density at radius 1 is 1.48 bits per heavy atom. The molecular weight excluding hydrogens is 276 g/mol. The first-order chi connectivity index (χ1) is 9.82. The van der Waals surface area contributed by atoms with Gasteiger partial charge < -0.3 is 15.2 Å². The first kappa shape index (κ1) is 16.9. The average Bonchev–Trinajstić information content (AvgIpc) is 2.38. The smallest absolute Gasteiger partial charge is 0.311 e. The third kappa shape index (κ3) is 4.42. The highest BCUT2D eigenvalue weighted by atomic mass is 16.6. The average molecular weight is 296 g/mol. The van der Waals surface area contributed by atoms with Crippen LogP contribution in [0.3, 0.4) is 0 Å². The Morgan fingerprint density at radius 3 is 2.67 bits per heavy atom. The third-order valence-corrected chi connectivity index (χ3v) is 2.91. The van der Waals surface area contributed by atoms with Gasteiger partial charge in [-0.25, -0.2) is 0 Å². The fourth-order valence-corrected chi connectivity index (χ4v) is 1.86. The van der Waals surface area contributed by atoms with Crippen molar-refractivity contribution in [2.45, 2.75) is 32.7 Å². The van der Waals surface area contributed by atoms with Crippen LogP contribution in [0.25, 0.3) is 0 Å². The molecule has 0 aliphatic carbocycles. The lowest BCUT2D eigenvalue weighted by Crippen LogP contribution is -2.44. The number of aliphatic hydroxyl groups is 1. The maximum absolute atomic E-state index is 12.3. The number of rotatable bonds is 7. The van der Waals surface area contributed by atoms with Crippen molar-refractivity contribution in [3.63, 3.8) is 0 Å². The van der Waals surface area contributed by atoms with E-state index in [0.29, 0.717) is 6.42 Å². The lowest BCUT2D eigenvalue weighted by molar-refractivity contribution is -0.385. The van der Waals surface area contributed by atoms with E-state index in [1.54, 1.807) is 20.8 Å². The molecule has 7 heteroatoms. The second-order valence-corrected chi connectivity index (χ2v) is 5.16. The van der Waals surface area contributed by atoms with Gasteiger partial charge in [-0.1, -0.05) is 6.07 Å². The Kier molecular flexibility index (Phi) is 5.66. The summed E-state index contributed by atoms with van der Waals surface area (Å²) >= 11 is 0. The summed E-state index contributed by atoms with van der Waals surface area (Å²) < 4.78 is 5.27. The topological polar surface area (TPSA) is 102 Å². The summed E-state index contributed by atoms with van der Waals surface area (Å²) in [6.45, 7) is 5.36. The third-order valence-electron chi connectivity index (χ3n) is 2.91. The van der Waals surface area contributed by atoms with Gasteiger partial charge in [-0.05, 0) is 33.3 Å². The normalized spacial score (nSPS) is 11.0. The lowest BCUT2D eigenvalue weighted by atomic mass is 10.0. The predicted octanol–water partition coefficient (Wildman–Crippen LogP) is 1.88. The maximum Gasteiger partial charge on any atom is 0.311 e. The molecule has 1 rings (SSSR count). The second-order valence-electron chi connectivity index (χ2n) is 5.16. The van der Waals surface area contributed by atoms with Crippen LogP contribution in [0.1, 0.15) is 37.6 Å². The molecule has 1 amide bonds. The predicted molar refractivity (Wildman–Crippen MR) is 77.5 cm³/mol. The Hall–Kier alpha value is -2.15. The van der Waals surface area contributed by atoms with E-state index >= 15 is 0 Å². The summed E-state index contributed by atoms with van der Waals surface area (Å²) in [7, 11) is 0. The Bertz CT molecular complexity index is 528. The molecule has 7 nitrogen and oxygen atoms in total. The molecule has 0 aliphatic rings. The van der Waals surface area contributed by atoms with Crippen LogP contribution >= 0.6 is 0 Å². The summed E-state index contributed by atoms with van der Waals surface area (Å²) in [6, 6.07) is 4.21. The van der Waals surface area contributed by atoms with Crippen molar-refractivity contribution in [3.8, 4) is 5.75 Å². The summed E-state index contributed by atoms with van der Waals surface area (Å²) in [5, 5.41) is 22.7. The van der Waals surface area contributed by atoms with Gasteiger partial charge in [0.05, 0.1) is 17.1 Å². The van der Waals surface area contributed by atoms with Crippen LogP contribution in [0.2, 0.25) is 0 Å². The van der Waals surface area contributed by atoms with Gasteiger partial charge in [0.2, 0.25) is 5.75 Å². The maximum atomic E-state index is 12.3. The molecule has 21 heavy (non-hydrogen) atoms. The lowest BCUT2D eigenvalue weighted by Gasteiger charge is -2.25. The fourth-order valence-electron chi connectivity index (χ4n) is 1.86. The summed E-state index contributed by atoms with van der Waals surface area (Å²) in [5.74, 6) is -0.511. The minimum absolute atomic E-state index is 0.0395. The van der Waals surface area contributed by atoms with Gasteiger partial charge in [0.15, 0.2) is 0 Å². The molecular formula is C14H20N2O5. The molecule has 0 aromatic heterocycles. The molecule has 116 valence electrons. The number of nitro groups is 1. The van der Waals surface area contributed by atoms with Crippen LogP contribution < -0.4 is 10.1 Å². The van der Waals surface area contributed by atoms with Crippen molar-refractivity contribution in [1.29, 1.82) is 0 Å². The number of benzene rings is 1. The molecule has 0 saturated heterocycles. The van der Waals surface area contributed by atoms with Crippen LogP contribution in [0.15, 0.2) is 18.2 Å². The summed E-state index contributed by atoms with van der Waals surface area (Å²) in [6.07, 6.45) is 0.373. The molecule has 1 aromatic rings. The quantitative estimate of drug-likeness (QED) is 0.591. The van der Waals surface area contributed by atoms with Crippen molar-refractivity contribution in [1.82, 2.24) is 5.32 Å². The highest BCUT2D eigenvalue weighted by Gasteiger charge is 2.26. The Balaban J connectivity index is 3.14. The van der Waals surface area contributed by atoms with Gasteiger partial charge in [0.25, 0.3) is 5.91 Å². The highest BCUT2D eigenvalue weighted by molar-refractivity contribution is 5.98. The van der Waals surface area contributed by atoms with Crippen molar-refractivity contribution in [2.75, 3.05) is 13.2 Å². The minimum Gasteiger partial charge on any atom is -0.487 e. The molecule has 1 aromatic carbocycles. The van der Waals surface area contributed by atoms with E-state index < -0.39 is 16.4 Å². The first-order valence-electron chi connectivity index (χ1n) is 6.66. The van der Waals surface area contributed by atoms with Gasteiger partial charge in [0.1, 0.15) is 0 Å². The van der Waals surface area contributed by atoms with Crippen LogP contribution in [-0.4, -0.2) is 34.7 Å². The SMILES string of the molecule is CCOc1c(C(=O)NC(C)(C)CCO)cccc1[N+](=O)[O-]. The zero-order valence-electron chi connectivity index (χ0n) is 12.4. The number of aliphatic hydroxyl groups excluding tert-OH is 1. The molecule has 0 fully saturated rings. The number of hydrogen-bond donors (Lipinski definition) is 2. The summed E-state index contributed by atoms with van der Waals surface area (Å²) in [4.78, 5) is 22.7. The van der Waals surface area contributed by atoms with Crippen molar-refractivity contribution in [2.24, 2.45) is 0 Å². The van der Waals surface area contributed by atoms with E-state index in [1.165, 1.54) is 18.2 Å². The zero-order chi connectivity index (χ0) is 16.0. The molecule has 2 N–H and O–H groups in total. The summed E-state index contributed by atoms with van der Waals surface area (Å²) in [5.41, 5.74) is -0.763. The highest BCUT2D eigenvalue weighted by Crippen LogP contribution is 2.31. The molecule has 0 saturated carbocycles. The minimum atomic E-state index is -0.625. The number of carbonyl (C=O) groups is 1. The number of ether oxygens (including phenoxy) is 1. The number of para-hydroxylation sites is 1. The molecule has 0 aliphatic heterocycles. The molecule has 0 spiro atoms. The van der Waals surface area contributed by atoms with Gasteiger partial charge in [-0.15, -0.1) is 0 Å². The van der Waals surface area contributed by atoms with E-state index in [2.05, 4.69) is 5.32 Å². The van der Waals surface area contributed by atoms with E-state index in [4.69, 9.17) is 9.84 Å². The zero-order valence-corrected chi connectivity index (χ0v) is 12.4. The van der Waals surface area contributed by atoms with Crippen LogP contribution in [0.5, 0.6) is 5.75 Å². The van der Waals surface area contributed by atoms with E-state index in [0.717, 1.165) is 0 Å². The molecule has 0 heterocycles. The van der Waals surface area contributed by atoms with Crippen molar-refractivity contribution < 1.29 is 19.6 Å². The number of hydrogen-bond acceptors (Lipinski definition) is 5. The molecule has 0 radical (unpaired) electrons. The number of nitro benzene ring substituents is 1. The second kappa shape index (κ2) is 7.03.